The van der Waals surface area contributed by atoms with E-state index in [0.29, 0.717) is 17.3 Å². The van der Waals surface area contributed by atoms with Gasteiger partial charge >= 0.3 is 0 Å². The van der Waals surface area contributed by atoms with E-state index in [1.165, 1.54) is 41.8 Å². The van der Waals surface area contributed by atoms with Crippen LogP contribution in [0.1, 0.15) is 81.2 Å². The molecule has 1 spiro atoms. The van der Waals surface area contributed by atoms with Crippen molar-refractivity contribution in [3.05, 3.63) is 46.6 Å². The molecule has 2 aromatic rings. The highest BCUT2D eigenvalue weighted by atomic mass is 14.8. The van der Waals surface area contributed by atoms with Gasteiger partial charge in [-0.25, -0.2) is 0 Å². The molecule has 1 heterocycles. The fourth-order valence-electron chi connectivity index (χ4n) is 4.13. The Labute approximate surface area is 127 Å². The van der Waals surface area contributed by atoms with Gasteiger partial charge < -0.3 is 4.98 Å². The zero-order chi connectivity index (χ0) is 14.8. The maximum atomic E-state index is 3.72. The second-order valence-electron chi connectivity index (χ2n) is 7.56. The molecule has 1 saturated carbocycles. The van der Waals surface area contributed by atoms with Crippen molar-refractivity contribution in [3.63, 3.8) is 0 Å². The van der Waals surface area contributed by atoms with E-state index >= 15 is 0 Å². The fourth-order valence-corrected chi connectivity index (χ4v) is 4.13. The summed E-state index contributed by atoms with van der Waals surface area (Å²) in [5, 5.41) is 0. The molecule has 2 aliphatic rings. The monoisotopic (exact) mass is 279 g/mol. The smallest absolute Gasteiger partial charge is 0.0500 e. The van der Waals surface area contributed by atoms with Crippen molar-refractivity contribution >= 4 is 0 Å². The SMILES string of the molecule is CC(C)c1ccc2c(c1)C1(CCC1)c1cc(C(C)C)[nH]c1-2. The van der Waals surface area contributed by atoms with Crippen LogP contribution in [0.25, 0.3) is 11.3 Å². The minimum Gasteiger partial charge on any atom is -0.358 e. The average molecular weight is 279 g/mol. The summed E-state index contributed by atoms with van der Waals surface area (Å²) in [6.45, 7) is 9.13. The zero-order valence-electron chi connectivity index (χ0n) is 13.6. The first-order valence-electron chi connectivity index (χ1n) is 8.41. The molecule has 1 N–H and O–H groups in total. The molecule has 0 saturated heterocycles. The highest BCUT2D eigenvalue weighted by Crippen LogP contribution is 2.59. The Balaban J connectivity index is 1.93. The number of aromatic amines is 1. The molecule has 1 heteroatoms. The van der Waals surface area contributed by atoms with Crippen molar-refractivity contribution in [2.75, 3.05) is 0 Å². The Morgan fingerprint density at radius 3 is 2.29 bits per heavy atom. The molecule has 1 aromatic heterocycles. The highest BCUT2D eigenvalue weighted by molar-refractivity contribution is 5.80. The number of aromatic nitrogens is 1. The Morgan fingerprint density at radius 2 is 1.71 bits per heavy atom. The van der Waals surface area contributed by atoms with Crippen LogP contribution in [0.2, 0.25) is 0 Å². The van der Waals surface area contributed by atoms with Gasteiger partial charge in [0.15, 0.2) is 0 Å². The van der Waals surface area contributed by atoms with Crippen molar-refractivity contribution in [1.82, 2.24) is 4.98 Å². The van der Waals surface area contributed by atoms with Crippen molar-refractivity contribution in [1.29, 1.82) is 0 Å². The van der Waals surface area contributed by atoms with Crippen LogP contribution in [0.4, 0.5) is 0 Å². The summed E-state index contributed by atoms with van der Waals surface area (Å²) >= 11 is 0. The Hall–Kier alpha value is -1.50. The average Bonchev–Trinajstić information content (AvgIpc) is 2.91. The van der Waals surface area contributed by atoms with E-state index in [1.807, 2.05) is 0 Å². The number of H-pyrrole nitrogens is 1. The van der Waals surface area contributed by atoms with Gasteiger partial charge in [0.25, 0.3) is 0 Å². The second-order valence-corrected chi connectivity index (χ2v) is 7.56. The summed E-state index contributed by atoms with van der Waals surface area (Å²) in [4.78, 5) is 3.72. The Morgan fingerprint density at radius 1 is 0.952 bits per heavy atom. The minimum absolute atomic E-state index is 0.333. The molecule has 4 rings (SSSR count). The molecule has 21 heavy (non-hydrogen) atoms. The van der Waals surface area contributed by atoms with Crippen LogP contribution >= 0.6 is 0 Å². The van der Waals surface area contributed by atoms with Crippen molar-refractivity contribution < 1.29 is 0 Å². The van der Waals surface area contributed by atoms with Gasteiger partial charge in [-0.2, -0.15) is 0 Å². The molecule has 0 atom stereocenters. The molecule has 0 aliphatic heterocycles. The van der Waals surface area contributed by atoms with Gasteiger partial charge in [-0.15, -0.1) is 0 Å². The topological polar surface area (TPSA) is 15.8 Å². The lowest BCUT2D eigenvalue weighted by atomic mass is 9.63. The third kappa shape index (κ3) is 1.64. The van der Waals surface area contributed by atoms with Crippen LogP contribution in [0.15, 0.2) is 24.3 Å². The summed E-state index contributed by atoms with van der Waals surface area (Å²) in [7, 11) is 0. The number of fused-ring (bicyclic) bond motifs is 5. The summed E-state index contributed by atoms with van der Waals surface area (Å²) in [6.07, 6.45) is 4.01. The normalized spacial score (nSPS) is 18.2. The molecular weight excluding hydrogens is 254 g/mol. The summed E-state index contributed by atoms with van der Waals surface area (Å²) in [5.74, 6) is 1.18. The Bertz CT molecular complexity index is 699. The van der Waals surface area contributed by atoms with Crippen molar-refractivity contribution in [2.24, 2.45) is 0 Å². The van der Waals surface area contributed by atoms with Gasteiger partial charge in [-0.3, -0.25) is 0 Å². The van der Waals surface area contributed by atoms with Crippen LogP contribution in [-0.2, 0) is 5.41 Å². The van der Waals surface area contributed by atoms with E-state index in [0.717, 1.165) is 0 Å². The van der Waals surface area contributed by atoms with Crippen LogP contribution in [0, 0.1) is 0 Å². The van der Waals surface area contributed by atoms with Crippen LogP contribution in [-0.4, -0.2) is 4.98 Å². The van der Waals surface area contributed by atoms with Crippen LogP contribution in [0.5, 0.6) is 0 Å². The van der Waals surface area contributed by atoms with Gasteiger partial charge in [-0.1, -0.05) is 52.3 Å². The van der Waals surface area contributed by atoms with E-state index in [2.05, 4.69) is 56.9 Å². The van der Waals surface area contributed by atoms with E-state index in [1.54, 1.807) is 11.1 Å². The first-order valence-corrected chi connectivity index (χ1v) is 8.41. The zero-order valence-corrected chi connectivity index (χ0v) is 13.6. The number of hydrogen-bond acceptors (Lipinski definition) is 0. The first kappa shape index (κ1) is 13.2. The van der Waals surface area contributed by atoms with Gasteiger partial charge in [0, 0.05) is 16.7 Å². The molecule has 0 bridgehead atoms. The maximum Gasteiger partial charge on any atom is 0.0500 e. The molecular formula is C20H25N. The second kappa shape index (κ2) is 4.25. The molecule has 1 nitrogen and oxygen atoms in total. The molecule has 0 amide bonds. The number of rotatable bonds is 2. The highest BCUT2D eigenvalue weighted by Gasteiger charge is 2.48. The van der Waals surface area contributed by atoms with Crippen LogP contribution < -0.4 is 0 Å². The molecule has 1 fully saturated rings. The van der Waals surface area contributed by atoms with Crippen LogP contribution in [0.3, 0.4) is 0 Å². The predicted octanol–water partition coefficient (Wildman–Crippen LogP) is 5.71. The Kier molecular flexibility index (Phi) is 2.67. The van der Waals surface area contributed by atoms with E-state index in [-0.39, 0.29) is 0 Å². The standard InChI is InChI=1S/C20H25N/c1-12(2)14-6-7-15-16(10-14)20(8-5-9-20)17-11-18(13(3)4)21-19(15)17/h6-7,10-13,21H,5,8-9H2,1-4H3. The molecule has 0 radical (unpaired) electrons. The maximum absolute atomic E-state index is 3.72. The van der Waals surface area contributed by atoms with Gasteiger partial charge in [0.05, 0.1) is 5.69 Å². The van der Waals surface area contributed by atoms with Gasteiger partial charge in [0.2, 0.25) is 0 Å². The van der Waals surface area contributed by atoms with Crippen molar-refractivity contribution in [2.45, 2.75) is 64.2 Å². The lowest BCUT2D eigenvalue weighted by Crippen LogP contribution is -2.33. The molecule has 110 valence electrons. The van der Waals surface area contributed by atoms with Gasteiger partial charge in [0.1, 0.15) is 0 Å². The minimum atomic E-state index is 0.333. The third-order valence-corrected chi connectivity index (χ3v) is 5.68. The molecule has 1 aromatic carbocycles. The third-order valence-electron chi connectivity index (χ3n) is 5.68. The number of hydrogen-bond donors (Lipinski definition) is 1. The van der Waals surface area contributed by atoms with E-state index < -0.39 is 0 Å². The number of nitrogens with one attached hydrogen (secondary N) is 1. The lowest BCUT2D eigenvalue weighted by molar-refractivity contribution is 0.309. The quantitative estimate of drug-likeness (QED) is 0.724. The lowest BCUT2D eigenvalue weighted by Gasteiger charge is -2.40. The molecule has 2 aliphatic carbocycles. The summed E-state index contributed by atoms with van der Waals surface area (Å²) < 4.78 is 0. The van der Waals surface area contributed by atoms with Gasteiger partial charge in [-0.05, 0) is 47.4 Å². The van der Waals surface area contributed by atoms with Crippen molar-refractivity contribution in [3.8, 4) is 11.3 Å². The number of benzene rings is 1. The van der Waals surface area contributed by atoms with E-state index in [4.69, 9.17) is 0 Å². The van der Waals surface area contributed by atoms with E-state index in [9.17, 15) is 0 Å². The summed E-state index contributed by atoms with van der Waals surface area (Å²) in [6, 6.07) is 9.62. The molecule has 0 unspecified atom stereocenters. The largest absolute Gasteiger partial charge is 0.358 e. The summed E-state index contributed by atoms with van der Waals surface area (Å²) in [5.41, 5.74) is 9.24. The predicted molar refractivity (Wildman–Crippen MR) is 89.0 cm³/mol. The first-order chi connectivity index (χ1) is 10.0. The fraction of sp³-hybridized carbons (Fsp3) is 0.500.